The van der Waals surface area contributed by atoms with Gasteiger partial charge >= 0.3 is 0 Å². The minimum absolute atomic E-state index is 0.0942. The van der Waals surface area contributed by atoms with Crippen molar-refractivity contribution in [2.75, 3.05) is 26.2 Å². The number of amides is 1. The van der Waals surface area contributed by atoms with Crippen LogP contribution in [0.1, 0.15) is 47.0 Å². The number of nitrogens with one attached hydrogen (secondary N) is 1. The summed E-state index contributed by atoms with van der Waals surface area (Å²) in [7, 11) is 0. The van der Waals surface area contributed by atoms with Crippen molar-refractivity contribution in [3.8, 4) is 0 Å². The van der Waals surface area contributed by atoms with E-state index in [0.717, 1.165) is 26.1 Å². The molecule has 4 nitrogen and oxygen atoms in total. The van der Waals surface area contributed by atoms with Crippen molar-refractivity contribution >= 4 is 5.91 Å². The highest BCUT2D eigenvalue weighted by Gasteiger charge is 2.30. The molecule has 1 heterocycles. The minimum Gasteiger partial charge on any atom is -0.388 e. The highest BCUT2D eigenvalue weighted by atomic mass is 16.3. The monoisotopic (exact) mass is 270 g/mol. The molecule has 0 aromatic heterocycles. The molecule has 1 fully saturated rings. The van der Waals surface area contributed by atoms with E-state index in [1.165, 1.54) is 0 Å². The molecule has 2 N–H and O–H groups in total. The van der Waals surface area contributed by atoms with Crippen LogP contribution in [-0.2, 0) is 4.79 Å². The summed E-state index contributed by atoms with van der Waals surface area (Å²) in [5.74, 6) is 0.843. The molecule has 0 aromatic carbocycles. The SMILES string of the molecule is CCC(O)(CC)CNC(=O)C1CCN(CC(C)C)C1. The zero-order valence-corrected chi connectivity index (χ0v) is 12.9. The fraction of sp³-hybridized carbons (Fsp3) is 0.933. The first-order valence-corrected chi connectivity index (χ1v) is 7.62. The van der Waals surface area contributed by atoms with Gasteiger partial charge in [0.05, 0.1) is 11.5 Å². The van der Waals surface area contributed by atoms with Crippen LogP contribution in [0.3, 0.4) is 0 Å². The first kappa shape index (κ1) is 16.4. The molecular formula is C15H30N2O2. The van der Waals surface area contributed by atoms with E-state index in [4.69, 9.17) is 0 Å². The highest BCUT2D eigenvalue weighted by Crippen LogP contribution is 2.18. The van der Waals surface area contributed by atoms with Crippen molar-refractivity contribution in [2.24, 2.45) is 11.8 Å². The molecule has 1 aliphatic heterocycles. The third-order valence-corrected chi connectivity index (χ3v) is 4.17. The molecule has 1 amide bonds. The molecule has 0 spiro atoms. The van der Waals surface area contributed by atoms with E-state index in [9.17, 15) is 9.90 Å². The van der Waals surface area contributed by atoms with Crippen molar-refractivity contribution in [1.29, 1.82) is 0 Å². The number of carbonyl (C=O) groups excluding carboxylic acids is 1. The van der Waals surface area contributed by atoms with Crippen LogP contribution in [0.25, 0.3) is 0 Å². The number of hydrogen-bond donors (Lipinski definition) is 2. The Morgan fingerprint density at radius 2 is 2.05 bits per heavy atom. The molecule has 112 valence electrons. The summed E-state index contributed by atoms with van der Waals surface area (Å²) in [4.78, 5) is 14.5. The first-order chi connectivity index (χ1) is 8.90. The lowest BCUT2D eigenvalue weighted by atomic mass is 9.97. The van der Waals surface area contributed by atoms with Gasteiger partial charge in [0.1, 0.15) is 0 Å². The van der Waals surface area contributed by atoms with Gasteiger partial charge in [0.2, 0.25) is 5.91 Å². The lowest BCUT2D eigenvalue weighted by molar-refractivity contribution is -0.126. The van der Waals surface area contributed by atoms with Crippen LogP contribution in [0.15, 0.2) is 0 Å². The zero-order chi connectivity index (χ0) is 14.5. The van der Waals surface area contributed by atoms with Gasteiger partial charge in [-0.2, -0.15) is 0 Å². The fourth-order valence-electron chi connectivity index (χ4n) is 2.62. The topological polar surface area (TPSA) is 52.6 Å². The number of rotatable bonds is 7. The Balaban J connectivity index is 2.35. The first-order valence-electron chi connectivity index (χ1n) is 7.62. The third-order valence-electron chi connectivity index (χ3n) is 4.17. The van der Waals surface area contributed by atoms with E-state index in [1.807, 2.05) is 13.8 Å². The average molecular weight is 270 g/mol. The summed E-state index contributed by atoms with van der Waals surface area (Å²) in [6, 6.07) is 0. The molecule has 0 radical (unpaired) electrons. The van der Waals surface area contributed by atoms with Crippen LogP contribution in [0.2, 0.25) is 0 Å². The molecule has 1 aliphatic rings. The summed E-state index contributed by atoms with van der Waals surface area (Å²) in [6.07, 6.45) is 2.29. The maximum absolute atomic E-state index is 12.1. The van der Waals surface area contributed by atoms with Crippen molar-refractivity contribution in [3.63, 3.8) is 0 Å². The normalized spacial score (nSPS) is 21.1. The predicted octanol–water partition coefficient (Wildman–Crippen LogP) is 1.63. The molecular weight excluding hydrogens is 240 g/mol. The second-order valence-corrected chi connectivity index (χ2v) is 6.29. The standard InChI is InChI=1S/C15H30N2O2/c1-5-15(19,6-2)11-16-14(18)13-7-8-17(10-13)9-12(3)4/h12-13,19H,5-11H2,1-4H3,(H,16,18). The number of hydrogen-bond acceptors (Lipinski definition) is 3. The van der Waals surface area contributed by atoms with Crippen LogP contribution in [0, 0.1) is 11.8 Å². The van der Waals surface area contributed by atoms with Crippen LogP contribution in [-0.4, -0.2) is 47.7 Å². The lowest BCUT2D eigenvalue weighted by Gasteiger charge is -2.26. The summed E-state index contributed by atoms with van der Waals surface area (Å²) in [5.41, 5.74) is -0.744. The van der Waals surface area contributed by atoms with Gasteiger partial charge < -0.3 is 15.3 Å². The van der Waals surface area contributed by atoms with Crippen molar-refractivity contribution < 1.29 is 9.90 Å². The average Bonchev–Trinajstić information content (AvgIpc) is 2.83. The molecule has 1 unspecified atom stereocenters. The Kier molecular flexibility index (Phi) is 6.27. The Hall–Kier alpha value is -0.610. The van der Waals surface area contributed by atoms with Gasteiger partial charge in [0.15, 0.2) is 0 Å². The fourth-order valence-corrected chi connectivity index (χ4v) is 2.62. The molecule has 0 bridgehead atoms. The molecule has 4 heteroatoms. The Morgan fingerprint density at radius 3 is 2.58 bits per heavy atom. The zero-order valence-electron chi connectivity index (χ0n) is 12.9. The number of nitrogens with zero attached hydrogens (tertiary/aromatic N) is 1. The van der Waals surface area contributed by atoms with Crippen LogP contribution in [0.5, 0.6) is 0 Å². The molecule has 1 atom stereocenters. The summed E-state index contributed by atoms with van der Waals surface area (Å²) >= 11 is 0. The largest absolute Gasteiger partial charge is 0.388 e. The molecule has 0 saturated carbocycles. The molecule has 1 rings (SSSR count). The van der Waals surface area contributed by atoms with Crippen molar-refractivity contribution in [2.45, 2.75) is 52.6 Å². The Morgan fingerprint density at radius 1 is 1.42 bits per heavy atom. The number of aliphatic hydroxyl groups is 1. The smallest absolute Gasteiger partial charge is 0.224 e. The summed E-state index contributed by atoms with van der Waals surface area (Å²) in [5, 5.41) is 13.1. The predicted molar refractivity (Wildman–Crippen MR) is 77.9 cm³/mol. The van der Waals surface area contributed by atoms with Crippen molar-refractivity contribution in [1.82, 2.24) is 10.2 Å². The maximum atomic E-state index is 12.1. The van der Waals surface area contributed by atoms with Gasteiger partial charge in [-0.3, -0.25) is 4.79 Å². The van der Waals surface area contributed by atoms with E-state index >= 15 is 0 Å². The van der Waals surface area contributed by atoms with E-state index in [-0.39, 0.29) is 11.8 Å². The second kappa shape index (κ2) is 7.25. The molecule has 0 aromatic rings. The highest BCUT2D eigenvalue weighted by molar-refractivity contribution is 5.79. The summed E-state index contributed by atoms with van der Waals surface area (Å²) < 4.78 is 0. The van der Waals surface area contributed by atoms with E-state index in [2.05, 4.69) is 24.1 Å². The molecule has 1 saturated heterocycles. The van der Waals surface area contributed by atoms with Gasteiger partial charge in [-0.15, -0.1) is 0 Å². The number of carbonyl (C=O) groups is 1. The second-order valence-electron chi connectivity index (χ2n) is 6.29. The lowest BCUT2D eigenvalue weighted by Crippen LogP contribution is -2.44. The quantitative estimate of drug-likeness (QED) is 0.739. The van der Waals surface area contributed by atoms with Crippen molar-refractivity contribution in [3.05, 3.63) is 0 Å². The van der Waals surface area contributed by atoms with E-state index in [1.54, 1.807) is 0 Å². The van der Waals surface area contributed by atoms with Crippen LogP contribution < -0.4 is 5.32 Å². The maximum Gasteiger partial charge on any atom is 0.224 e. The van der Waals surface area contributed by atoms with E-state index < -0.39 is 5.60 Å². The number of likely N-dealkylation sites (tertiary alicyclic amines) is 1. The van der Waals surface area contributed by atoms with Crippen LogP contribution >= 0.6 is 0 Å². The van der Waals surface area contributed by atoms with E-state index in [0.29, 0.717) is 25.3 Å². The molecule has 0 aliphatic carbocycles. The molecule has 19 heavy (non-hydrogen) atoms. The van der Waals surface area contributed by atoms with Crippen LogP contribution in [0.4, 0.5) is 0 Å². The van der Waals surface area contributed by atoms with Gasteiger partial charge in [0.25, 0.3) is 0 Å². The third kappa shape index (κ3) is 5.11. The van der Waals surface area contributed by atoms with Gasteiger partial charge in [-0.05, 0) is 31.7 Å². The van der Waals surface area contributed by atoms with Gasteiger partial charge in [-0.1, -0.05) is 27.7 Å². The minimum atomic E-state index is -0.744. The van der Waals surface area contributed by atoms with Gasteiger partial charge in [0, 0.05) is 19.6 Å². The Bertz CT molecular complexity index is 288. The Labute approximate surface area is 117 Å². The van der Waals surface area contributed by atoms with Gasteiger partial charge in [-0.25, -0.2) is 0 Å². The summed E-state index contributed by atoms with van der Waals surface area (Å²) in [6.45, 7) is 11.6.